The molecule has 1 aromatic heterocycles. The monoisotopic (exact) mass is 403 g/mol. The summed E-state index contributed by atoms with van der Waals surface area (Å²) in [7, 11) is 0. The molecule has 7 heteroatoms. The average Bonchev–Trinajstić information content (AvgIpc) is 2.72. The van der Waals surface area contributed by atoms with Gasteiger partial charge in [-0.15, -0.1) is 0 Å². The van der Waals surface area contributed by atoms with Gasteiger partial charge in [0.2, 0.25) is 5.88 Å². The van der Waals surface area contributed by atoms with Crippen molar-refractivity contribution < 1.29 is 27.4 Å². The standard InChI is InChI=1S/C22H20F3NO3/c1-2-17(29-21-8-3-4-13-26-21)15-27-18-9-11-19(12-10-18)28-20-7-5-6-16(14-20)22(23,24)25/h3-14,17H,2,15H2,1H3. The van der Waals surface area contributed by atoms with Crippen LogP contribution in [0.3, 0.4) is 0 Å². The topological polar surface area (TPSA) is 40.6 Å². The molecule has 152 valence electrons. The number of aromatic nitrogens is 1. The highest BCUT2D eigenvalue weighted by Gasteiger charge is 2.30. The molecule has 0 amide bonds. The van der Waals surface area contributed by atoms with Gasteiger partial charge in [-0.2, -0.15) is 13.2 Å². The van der Waals surface area contributed by atoms with Gasteiger partial charge in [0.25, 0.3) is 0 Å². The number of alkyl halides is 3. The Morgan fingerprint density at radius 1 is 0.897 bits per heavy atom. The summed E-state index contributed by atoms with van der Waals surface area (Å²) in [4.78, 5) is 4.13. The van der Waals surface area contributed by atoms with Crippen molar-refractivity contribution in [1.29, 1.82) is 0 Å². The summed E-state index contributed by atoms with van der Waals surface area (Å²) in [6, 6.07) is 16.8. The molecule has 0 aliphatic heterocycles. The highest BCUT2D eigenvalue weighted by molar-refractivity contribution is 5.37. The van der Waals surface area contributed by atoms with Gasteiger partial charge in [0, 0.05) is 12.3 Å². The van der Waals surface area contributed by atoms with Crippen LogP contribution in [0.4, 0.5) is 13.2 Å². The minimum atomic E-state index is -4.41. The maximum Gasteiger partial charge on any atom is 0.416 e. The van der Waals surface area contributed by atoms with Gasteiger partial charge in [0.05, 0.1) is 5.56 Å². The van der Waals surface area contributed by atoms with Crippen molar-refractivity contribution in [2.24, 2.45) is 0 Å². The molecule has 0 bridgehead atoms. The molecule has 3 rings (SSSR count). The first kappa shape index (κ1) is 20.5. The number of hydrogen-bond acceptors (Lipinski definition) is 4. The summed E-state index contributed by atoms with van der Waals surface area (Å²) in [6.07, 6.45) is -2.17. The lowest BCUT2D eigenvalue weighted by Gasteiger charge is -2.17. The average molecular weight is 403 g/mol. The Kier molecular flexibility index (Phi) is 6.59. The summed E-state index contributed by atoms with van der Waals surface area (Å²) < 4.78 is 55.4. The zero-order valence-corrected chi connectivity index (χ0v) is 15.7. The number of hydrogen-bond donors (Lipinski definition) is 0. The fourth-order valence-corrected chi connectivity index (χ4v) is 2.49. The van der Waals surface area contributed by atoms with Gasteiger partial charge in [-0.3, -0.25) is 0 Å². The fraction of sp³-hybridized carbons (Fsp3) is 0.227. The molecule has 0 aliphatic rings. The lowest BCUT2D eigenvalue weighted by molar-refractivity contribution is -0.137. The van der Waals surface area contributed by atoms with Crippen molar-refractivity contribution in [1.82, 2.24) is 4.98 Å². The largest absolute Gasteiger partial charge is 0.490 e. The van der Waals surface area contributed by atoms with E-state index in [1.807, 2.05) is 19.1 Å². The Morgan fingerprint density at radius 2 is 1.66 bits per heavy atom. The van der Waals surface area contributed by atoms with Crippen molar-refractivity contribution in [2.75, 3.05) is 6.61 Å². The van der Waals surface area contributed by atoms with E-state index in [-0.39, 0.29) is 11.9 Å². The maximum absolute atomic E-state index is 12.8. The van der Waals surface area contributed by atoms with Gasteiger partial charge in [-0.05, 0) is 55.0 Å². The van der Waals surface area contributed by atoms with Crippen LogP contribution in [0.5, 0.6) is 23.1 Å². The Morgan fingerprint density at radius 3 is 2.31 bits per heavy atom. The number of rotatable bonds is 8. The Hall–Kier alpha value is -3.22. The summed E-state index contributed by atoms with van der Waals surface area (Å²) in [6.45, 7) is 2.32. The van der Waals surface area contributed by atoms with E-state index in [1.165, 1.54) is 12.1 Å². The Bertz CT molecular complexity index is 899. The molecule has 1 unspecified atom stereocenters. The summed E-state index contributed by atoms with van der Waals surface area (Å²) in [5.41, 5.74) is -0.756. The van der Waals surface area contributed by atoms with Crippen LogP contribution in [0.15, 0.2) is 72.9 Å². The molecule has 0 saturated carbocycles. The molecule has 0 aliphatic carbocycles. The predicted molar refractivity (Wildman–Crippen MR) is 102 cm³/mol. The third-order valence-corrected chi connectivity index (χ3v) is 4.04. The quantitative estimate of drug-likeness (QED) is 0.454. The van der Waals surface area contributed by atoms with E-state index in [9.17, 15) is 13.2 Å². The van der Waals surface area contributed by atoms with Crippen LogP contribution in [-0.4, -0.2) is 17.7 Å². The molecule has 0 saturated heterocycles. The van der Waals surface area contributed by atoms with Crippen LogP contribution in [0.1, 0.15) is 18.9 Å². The summed E-state index contributed by atoms with van der Waals surface area (Å²) in [5, 5.41) is 0. The lowest BCUT2D eigenvalue weighted by atomic mass is 10.2. The zero-order valence-electron chi connectivity index (χ0n) is 15.7. The van der Waals surface area contributed by atoms with Gasteiger partial charge < -0.3 is 14.2 Å². The smallest absolute Gasteiger partial charge is 0.416 e. The molecule has 0 radical (unpaired) electrons. The number of halogens is 3. The first-order valence-corrected chi connectivity index (χ1v) is 9.09. The maximum atomic E-state index is 12.8. The molecule has 0 spiro atoms. The second-order valence-electron chi connectivity index (χ2n) is 6.23. The molecular formula is C22H20F3NO3. The molecule has 0 N–H and O–H groups in total. The zero-order chi connectivity index (χ0) is 20.7. The van der Waals surface area contributed by atoms with E-state index < -0.39 is 11.7 Å². The normalized spacial score (nSPS) is 12.3. The van der Waals surface area contributed by atoms with E-state index in [0.717, 1.165) is 18.6 Å². The van der Waals surface area contributed by atoms with Crippen molar-refractivity contribution >= 4 is 0 Å². The van der Waals surface area contributed by atoms with Gasteiger partial charge in [0.1, 0.15) is 30.0 Å². The van der Waals surface area contributed by atoms with Gasteiger partial charge in [0.15, 0.2) is 0 Å². The first-order chi connectivity index (χ1) is 13.9. The molecule has 1 heterocycles. The van der Waals surface area contributed by atoms with Crippen LogP contribution < -0.4 is 14.2 Å². The van der Waals surface area contributed by atoms with E-state index in [1.54, 1.807) is 36.5 Å². The highest BCUT2D eigenvalue weighted by atomic mass is 19.4. The van der Waals surface area contributed by atoms with Crippen molar-refractivity contribution in [3.63, 3.8) is 0 Å². The van der Waals surface area contributed by atoms with Crippen LogP contribution in [0.2, 0.25) is 0 Å². The molecule has 29 heavy (non-hydrogen) atoms. The van der Waals surface area contributed by atoms with Gasteiger partial charge in [-0.1, -0.05) is 19.1 Å². The Labute approximate surface area is 166 Å². The van der Waals surface area contributed by atoms with Crippen LogP contribution >= 0.6 is 0 Å². The van der Waals surface area contributed by atoms with E-state index >= 15 is 0 Å². The summed E-state index contributed by atoms with van der Waals surface area (Å²) >= 11 is 0. The number of benzene rings is 2. The molecule has 0 fully saturated rings. The van der Waals surface area contributed by atoms with Crippen LogP contribution in [-0.2, 0) is 6.18 Å². The van der Waals surface area contributed by atoms with E-state index in [0.29, 0.717) is 24.0 Å². The van der Waals surface area contributed by atoms with Crippen molar-refractivity contribution in [3.8, 4) is 23.1 Å². The first-order valence-electron chi connectivity index (χ1n) is 9.09. The second-order valence-corrected chi connectivity index (χ2v) is 6.23. The minimum absolute atomic E-state index is 0.114. The van der Waals surface area contributed by atoms with Gasteiger partial charge in [-0.25, -0.2) is 4.98 Å². The van der Waals surface area contributed by atoms with E-state index in [4.69, 9.17) is 14.2 Å². The molecule has 1 atom stereocenters. The third-order valence-electron chi connectivity index (χ3n) is 4.04. The predicted octanol–water partition coefficient (Wildman–Crippen LogP) is 6.13. The molecular weight excluding hydrogens is 383 g/mol. The van der Waals surface area contributed by atoms with Crippen molar-refractivity contribution in [3.05, 3.63) is 78.5 Å². The highest BCUT2D eigenvalue weighted by Crippen LogP contribution is 2.33. The van der Waals surface area contributed by atoms with Gasteiger partial charge >= 0.3 is 6.18 Å². The van der Waals surface area contributed by atoms with E-state index in [2.05, 4.69) is 4.98 Å². The summed E-state index contributed by atoms with van der Waals surface area (Å²) in [5.74, 6) is 1.66. The minimum Gasteiger partial charge on any atom is -0.490 e. The Balaban J connectivity index is 1.56. The number of ether oxygens (including phenoxy) is 3. The SMILES string of the molecule is CCC(COc1ccc(Oc2cccc(C(F)(F)F)c2)cc1)Oc1ccccn1. The third kappa shape index (κ3) is 6.14. The number of nitrogens with zero attached hydrogens (tertiary/aromatic N) is 1. The van der Waals surface area contributed by atoms with Crippen LogP contribution in [0.25, 0.3) is 0 Å². The second kappa shape index (κ2) is 9.32. The number of pyridine rings is 1. The fourth-order valence-electron chi connectivity index (χ4n) is 2.49. The molecule has 3 aromatic rings. The van der Waals surface area contributed by atoms with Crippen LogP contribution in [0, 0.1) is 0 Å². The lowest BCUT2D eigenvalue weighted by Crippen LogP contribution is -2.24. The molecule has 2 aromatic carbocycles. The molecule has 4 nitrogen and oxygen atoms in total. The van der Waals surface area contributed by atoms with Crippen molar-refractivity contribution in [2.45, 2.75) is 25.6 Å².